The molecule has 1 unspecified atom stereocenters. The molecule has 1 aromatic carbocycles. The Balaban J connectivity index is 2.09. The molecule has 2 rings (SSSR count). The van der Waals surface area contributed by atoms with Crippen LogP contribution >= 0.6 is 31.9 Å². The maximum Gasteiger partial charge on any atom is 0.253 e. The zero-order valence-corrected chi connectivity index (χ0v) is 14.2. The molecule has 1 aromatic heterocycles. The molecule has 2 aromatic rings. The van der Waals surface area contributed by atoms with Gasteiger partial charge in [-0.3, -0.25) is 4.79 Å². The highest BCUT2D eigenvalue weighted by Crippen LogP contribution is 2.29. The smallest absolute Gasteiger partial charge is 0.253 e. The third kappa shape index (κ3) is 3.62. The average molecular weight is 404 g/mol. The quantitative estimate of drug-likeness (QED) is 0.668. The van der Waals surface area contributed by atoms with Crippen LogP contribution in [0, 0.1) is 0 Å². The van der Waals surface area contributed by atoms with Gasteiger partial charge in [0.05, 0.1) is 11.7 Å². The van der Waals surface area contributed by atoms with Crippen molar-refractivity contribution in [3.63, 3.8) is 0 Å². The Morgan fingerprint density at radius 3 is 2.80 bits per heavy atom. The number of amides is 1. The summed E-state index contributed by atoms with van der Waals surface area (Å²) in [5.74, 6) is -0.101. The number of rotatable bonds is 5. The van der Waals surface area contributed by atoms with Crippen LogP contribution in [0.25, 0.3) is 10.9 Å². The van der Waals surface area contributed by atoms with E-state index in [9.17, 15) is 9.90 Å². The Kier molecular flexibility index (Phi) is 5.23. The van der Waals surface area contributed by atoms with Crippen molar-refractivity contribution in [2.75, 3.05) is 6.54 Å². The second-order valence-corrected chi connectivity index (χ2v) is 6.47. The number of carbonyl (C=O) groups is 1. The Hall–Kier alpha value is -0.850. The number of aliphatic hydroxyl groups excluding tert-OH is 1. The van der Waals surface area contributed by atoms with Crippen LogP contribution in [0.4, 0.5) is 0 Å². The van der Waals surface area contributed by atoms with E-state index in [1.54, 1.807) is 13.1 Å². The van der Waals surface area contributed by atoms with Crippen molar-refractivity contribution in [1.82, 2.24) is 10.3 Å². The van der Waals surface area contributed by atoms with Gasteiger partial charge in [-0.25, -0.2) is 0 Å². The minimum atomic E-state index is -0.326. The largest absolute Gasteiger partial charge is 0.393 e. The number of halogens is 2. The van der Waals surface area contributed by atoms with Gasteiger partial charge in [-0.1, -0.05) is 0 Å². The van der Waals surface area contributed by atoms with Gasteiger partial charge in [0.15, 0.2) is 0 Å². The molecule has 1 heterocycles. The van der Waals surface area contributed by atoms with Crippen LogP contribution in [-0.2, 0) is 0 Å². The summed E-state index contributed by atoms with van der Waals surface area (Å²) in [4.78, 5) is 15.2. The number of benzene rings is 1. The first-order chi connectivity index (χ1) is 9.49. The van der Waals surface area contributed by atoms with E-state index in [1.807, 2.05) is 12.1 Å². The lowest BCUT2D eigenvalue weighted by Crippen LogP contribution is -2.24. The number of fused-ring (bicyclic) bond motifs is 1. The number of hydrogen-bond donors (Lipinski definition) is 3. The van der Waals surface area contributed by atoms with E-state index in [4.69, 9.17) is 0 Å². The minimum Gasteiger partial charge on any atom is -0.393 e. The van der Waals surface area contributed by atoms with Crippen LogP contribution in [0.15, 0.2) is 27.3 Å². The highest BCUT2D eigenvalue weighted by atomic mass is 79.9. The first kappa shape index (κ1) is 15.5. The highest BCUT2D eigenvalue weighted by Gasteiger charge is 2.13. The predicted molar refractivity (Wildman–Crippen MR) is 86.9 cm³/mol. The van der Waals surface area contributed by atoms with Crippen molar-refractivity contribution >= 4 is 48.7 Å². The first-order valence-electron chi connectivity index (χ1n) is 6.41. The van der Waals surface area contributed by atoms with Crippen molar-refractivity contribution in [1.29, 1.82) is 0 Å². The van der Waals surface area contributed by atoms with Gasteiger partial charge in [-0.05, 0) is 63.8 Å². The summed E-state index contributed by atoms with van der Waals surface area (Å²) in [7, 11) is 0. The van der Waals surface area contributed by atoms with Gasteiger partial charge in [-0.2, -0.15) is 0 Å². The zero-order chi connectivity index (χ0) is 14.7. The van der Waals surface area contributed by atoms with Gasteiger partial charge in [0, 0.05) is 32.6 Å². The Labute approximate surface area is 134 Å². The van der Waals surface area contributed by atoms with E-state index >= 15 is 0 Å². The second-order valence-electron chi connectivity index (χ2n) is 4.76. The van der Waals surface area contributed by atoms with E-state index in [1.165, 1.54) is 0 Å². The van der Waals surface area contributed by atoms with E-state index in [-0.39, 0.29) is 12.0 Å². The van der Waals surface area contributed by atoms with E-state index in [0.29, 0.717) is 18.5 Å². The number of aromatic nitrogens is 1. The summed E-state index contributed by atoms with van der Waals surface area (Å²) in [5.41, 5.74) is 1.54. The fraction of sp³-hybridized carbons (Fsp3) is 0.357. The monoisotopic (exact) mass is 402 g/mol. The van der Waals surface area contributed by atoms with Gasteiger partial charge < -0.3 is 15.4 Å². The normalized spacial score (nSPS) is 12.6. The Morgan fingerprint density at radius 1 is 1.40 bits per heavy atom. The summed E-state index contributed by atoms with van der Waals surface area (Å²) in [5, 5.41) is 12.9. The Bertz CT molecular complexity index is 623. The van der Waals surface area contributed by atoms with Gasteiger partial charge in [0.1, 0.15) is 0 Å². The van der Waals surface area contributed by atoms with Gasteiger partial charge >= 0.3 is 0 Å². The van der Waals surface area contributed by atoms with Crippen LogP contribution in [0.1, 0.15) is 30.1 Å². The lowest BCUT2D eigenvalue weighted by atomic mass is 10.1. The van der Waals surface area contributed by atoms with E-state index < -0.39 is 0 Å². The number of hydrogen-bond acceptors (Lipinski definition) is 2. The molecule has 3 N–H and O–H groups in total. The number of nitrogens with one attached hydrogen (secondary N) is 2. The van der Waals surface area contributed by atoms with Crippen molar-refractivity contribution in [3.05, 3.63) is 32.8 Å². The SMILES string of the molecule is CC(O)CCCNC(=O)c1c[nH]c2cc(Br)c(Br)cc12. The standard InChI is InChI=1S/C14H16Br2N2O2/c1-8(19)3-2-4-17-14(20)10-7-18-13-6-12(16)11(15)5-9(10)13/h5-8,18-19H,2-4H2,1H3,(H,17,20). The maximum absolute atomic E-state index is 12.1. The molecule has 0 aliphatic rings. The second kappa shape index (κ2) is 6.74. The molecule has 0 aliphatic carbocycles. The topological polar surface area (TPSA) is 65.1 Å². The molecule has 1 amide bonds. The fourth-order valence-corrected chi connectivity index (χ4v) is 2.69. The first-order valence-corrected chi connectivity index (χ1v) is 8.00. The summed E-state index contributed by atoms with van der Waals surface area (Å²) in [6.45, 7) is 2.31. The molecule has 4 nitrogen and oxygen atoms in total. The Morgan fingerprint density at radius 2 is 2.10 bits per heavy atom. The lowest BCUT2D eigenvalue weighted by Gasteiger charge is -2.06. The maximum atomic E-state index is 12.1. The minimum absolute atomic E-state index is 0.101. The van der Waals surface area contributed by atoms with Crippen molar-refractivity contribution in [2.45, 2.75) is 25.9 Å². The molecule has 0 saturated heterocycles. The molecular formula is C14H16Br2N2O2. The van der Waals surface area contributed by atoms with Gasteiger partial charge in [0.25, 0.3) is 5.91 Å². The summed E-state index contributed by atoms with van der Waals surface area (Å²) in [6.07, 6.45) is 2.84. The number of carbonyl (C=O) groups excluding carboxylic acids is 1. The van der Waals surface area contributed by atoms with Crippen molar-refractivity contribution in [3.8, 4) is 0 Å². The van der Waals surface area contributed by atoms with Crippen LogP contribution < -0.4 is 5.32 Å². The number of aromatic amines is 1. The molecule has 0 saturated carbocycles. The van der Waals surface area contributed by atoms with Crippen LogP contribution in [-0.4, -0.2) is 28.6 Å². The van der Waals surface area contributed by atoms with Gasteiger partial charge in [0.2, 0.25) is 0 Å². The average Bonchev–Trinajstić information content (AvgIpc) is 2.77. The molecule has 0 aliphatic heterocycles. The zero-order valence-electron chi connectivity index (χ0n) is 11.0. The summed E-state index contributed by atoms with van der Waals surface area (Å²) in [6, 6.07) is 3.85. The van der Waals surface area contributed by atoms with Crippen LogP contribution in [0.5, 0.6) is 0 Å². The predicted octanol–water partition coefficient (Wildman–Crippen LogP) is 3.58. The highest BCUT2D eigenvalue weighted by molar-refractivity contribution is 9.13. The third-order valence-corrected chi connectivity index (χ3v) is 4.90. The lowest BCUT2D eigenvalue weighted by molar-refractivity contribution is 0.0951. The number of H-pyrrole nitrogens is 1. The molecular weight excluding hydrogens is 388 g/mol. The summed E-state index contributed by atoms with van der Waals surface area (Å²) < 4.78 is 1.85. The number of aliphatic hydroxyl groups is 1. The molecule has 20 heavy (non-hydrogen) atoms. The van der Waals surface area contributed by atoms with Crippen molar-refractivity contribution < 1.29 is 9.90 Å². The summed E-state index contributed by atoms with van der Waals surface area (Å²) >= 11 is 6.88. The van der Waals surface area contributed by atoms with E-state index in [0.717, 1.165) is 26.3 Å². The molecule has 6 heteroatoms. The molecule has 0 spiro atoms. The van der Waals surface area contributed by atoms with E-state index in [2.05, 4.69) is 42.2 Å². The molecule has 0 bridgehead atoms. The van der Waals surface area contributed by atoms with Gasteiger partial charge in [-0.15, -0.1) is 0 Å². The molecule has 1 atom stereocenters. The third-order valence-electron chi connectivity index (χ3n) is 3.05. The molecule has 0 fully saturated rings. The van der Waals surface area contributed by atoms with Crippen LogP contribution in [0.2, 0.25) is 0 Å². The fourth-order valence-electron chi connectivity index (χ4n) is 2.00. The van der Waals surface area contributed by atoms with Crippen LogP contribution in [0.3, 0.4) is 0 Å². The molecule has 108 valence electrons. The molecule has 0 radical (unpaired) electrons. The van der Waals surface area contributed by atoms with Crippen molar-refractivity contribution in [2.24, 2.45) is 0 Å².